The Labute approximate surface area is 258 Å². The number of benzene rings is 2. The van der Waals surface area contributed by atoms with Gasteiger partial charge >= 0.3 is 0 Å². The van der Waals surface area contributed by atoms with Crippen molar-refractivity contribution < 1.29 is 22.4 Å². The maximum Gasteiger partial charge on any atom is 0.241 e. The summed E-state index contributed by atoms with van der Waals surface area (Å²) in [6, 6.07) is 12.4. The van der Waals surface area contributed by atoms with Crippen molar-refractivity contribution in [3.63, 3.8) is 0 Å². The second-order valence-corrected chi connectivity index (χ2v) is 12.9. The molecule has 234 valence electrons. The molecule has 3 rings (SSSR count). The zero-order valence-corrected chi connectivity index (χ0v) is 28.2. The molecule has 0 atom stereocenters. The molecule has 0 unspecified atom stereocenters. The Morgan fingerprint density at radius 3 is 2.07 bits per heavy atom. The highest BCUT2D eigenvalue weighted by Crippen LogP contribution is 2.34. The molecule has 42 heavy (non-hydrogen) atoms. The summed E-state index contributed by atoms with van der Waals surface area (Å²) in [5.74, 6) is 1.20. The van der Waals surface area contributed by atoms with Crippen LogP contribution < -0.4 is 8.45 Å². The Morgan fingerprint density at radius 1 is 0.905 bits per heavy atom. The minimum Gasteiger partial charge on any atom is -0.494 e. The summed E-state index contributed by atoms with van der Waals surface area (Å²) in [4.78, 5) is 16.3. The number of aryl methyl sites for hydroxylation is 1. The van der Waals surface area contributed by atoms with Gasteiger partial charge in [-0.1, -0.05) is 47.5 Å². The van der Waals surface area contributed by atoms with Crippen molar-refractivity contribution in [3.05, 3.63) is 59.4 Å². The normalized spacial score (nSPS) is 11.4. The maximum atomic E-state index is 13.7. The molecule has 0 saturated carbocycles. The predicted octanol–water partition coefficient (Wildman–Crippen LogP) is 8.36. The lowest BCUT2D eigenvalue weighted by molar-refractivity contribution is 0.103. The van der Waals surface area contributed by atoms with Crippen molar-refractivity contribution in [2.24, 2.45) is 0 Å². The first-order valence-electron chi connectivity index (χ1n) is 15.3. The molecule has 0 amide bonds. The Bertz CT molecular complexity index is 1330. The van der Waals surface area contributed by atoms with E-state index in [9.17, 15) is 13.2 Å². The van der Waals surface area contributed by atoms with E-state index in [0.717, 1.165) is 56.4 Å². The van der Waals surface area contributed by atoms with Crippen LogP contribution in [0.3, 0.4) is 0 Å². The van der Waals surface area contributed by atoms with Gasteiger partial charge in [-0.05, 0) is 93.2 Å². The number of hydrogen-bond acceptors (Lipinski definition) is 7. The quantitative estimate of drug-likeness (QED) is 0.0805. The number of unbranched alkanes of at least 4 members (excludes halogenated alkanes) is 2. The molecule has 3 aromatic rings. The maximum absolute atomic E-state index is 13.7. The van der Waals surface area contributed by atoms with Crippen molar-refractivity contribution in [1.29, 1.82) is 0 Å². The lowest BCUT2D eigenvalue weighted by atomic mass is 9.98. The number of sulfonamides is 1. The Morgan fingerprint density at radius 2 is 1.52 bits per heavy atom. The van der Waals surface area contributed by atoms with E-state index < -0.39 is 10.0 Å². The Balaban J connectivity index is 0.00000301. The number of ketones is 1. The van der Waals surface area contributed by atoms with E-state index in [1.165, 1.54) is 29.4 Å². The van der Waals surface area contributed by atoms with Gasteiger partial charge in [0.15, 0.2) is 5.78 Å². The fraction of sp³-hybridized carbons (Fsp3) is 0.545. The largest absolute Gasteiger partial charge is 0.494 e. The van der Waals surface area contributed by atoms with Gasteiger partial charge < -0.3 is 14.1 Å². The summed E-state index contributed by atoms with van der Waals surface area (Å²) < 4.78 is 37.9. The molecule has 0 aliphatic heterocycles. The van der Waals surface area contributed by atoms with Gasteiger partial charge in [-0.15, -0.1) is 0 Å². The van der Waals surface area contributed by atoms with E-state index in [2.05, 4.69) is 18.7 Å². The molecule has 7 nitrogen and oxygen atoms in total. The fourth-order valence-corrected chi connectivity index (χ4v) is 6.66. The first-order valence-corrected chi connectivity index (χ1v) is 18.4. The van der Waals surface area contributed by atoms with Crippen LogP contribution >= 0.6 is 11.9 Å². The van der Waals surface area contributed by atoms with E-state index in [-0.39, 0.29) is 5.78 Å². The molecule has 0 saturated heterocycles. The average Bonchev–Trinajstić information content (AvgIpc) is 3.34. The molecule has 0 aliphatic carbocycles. The third kappa shape index (κ3) is 10.1. The van der Waals surface area contributed by atoms with Gasteiger partial charge in [-0.2, -0.15) is 0 Å². The van der Waals surface area contributed by atoms with Gasteiger partial charge in [0, 0.05) is 30.2 Å². The average molecular weight is 619 g/mol. The van der Waals surface area contributed by atoms with E-state index in [1.807, 2.05) is 32.9 Å². The number of furan rings is 1. The first kappa shape index (κ1) is 35.7. The number of fused-ring (bicyclic) bond motifs is 1. The number of nitrogens with zero attached hydrogens (tertiary/aromatic N) is 2. The zero-order valence-electron chi connectivity index (χ0n) is 26.6. The molecule has 1 aromatic heterocycles. The minimum atomic E-state index is -3.49. The third-order valence-corrected chi connectivity index (χ3v) is 9.40. The van der Waals surface area contributed by atoms with Gasteiger partial charge in [0.1, 0.15) is 17.1 Å². The summed E-state index contributed by atoms with van der Waals surface area (Å²) in [6.07, 6.45) is 10.1. The van der Waals surface area contributed by atoms with Crippen LogP contribution in [0.15, 0.2) is 46.9 Å². The molecule has 0 spiro atoms. The number of rotatable bonds is 18. The highest BCUT2D eigenvalue weighted by molar-refractivity contribution is 8.14. The molecule has 1 heterocycles. The number of ether oxygens (including phenoxy) is 1. The van der Waals surface area contributed by atoms with Gasteiger partial charge in [0.2, 0.25) is 10.0 Å². The fourth-order valence-electron chi connectivity index (χ4n) is 4.76. The molecule has 0 radical (unpaired) electrons. The van der Waals surface area contributed by atoms with E-state index in [4.69, 9.17) is 9.15 Å². The van der Waals surface area contributed by atoms with E-state index in [1.54, 1.807) is 36.6 Å². The van der Waals surface area contributed by atoms with Gasteiger partial charge in [-0.3, -0.25) is 4.79 Å². The highest BCUT2D eigenvalue weighted by Gasteiger charge is 2.24. The molecular weight excluding hydrogens is 569 g/mol. The standard InChI is InChI=1S/C31H44N2O5S2.C2H6/c1-6-9-19-32(20-10-7-2)21-11-22-37-26-16-13-24(14-17-26)31(34)30-27-23-25(33(39-4)40(5,35)36)15-18-28(27)38-29(30)12-8-3;1-2/h13-18,23H,6-12,19-22H2,1-5H3;1-2H3. The monoisotopic (exact) mass is 618 g/mol. The van der Waals surface area contributed by atoms with Crippen LogP contribution in [0.4, 0.5) is 5.69 Å². The molecule has 0 fully saturated rings. The van der Waals surface area contributed by atoms with Crippen LogP contribution in [0.2, 0.25) is 0 Å². The summed E-state index contributed by atoms with van der Waals surface area (Å²) >= 11 is 1.10. The topological polar surface area (TPSA) is 80.1 Å². The summed E-state index contributed by atoms with van der Waals surface area (Å²) in [6.45, 7) is 14.4. The number of carbonyl (C=O) groups excluding carboxylic acids is 1. The minimum absolute atomic E-state index is 0.150. The van der Waals surface area contributed by atoms with Gasteiger partial charge in [-0.25, -0.2) is 12.1 Å². The molecular formula is C33H50N2O5S2. The van der Waals surface area contributed by atoms with Crippen LogP contribution in [0.25, 0.3) is 11.0 Å². The van der Waals surface area contributed by atoms with E-state index >= 15 is 0 Å². The van der Waals surface area contributed by atoms with Crippen LogP contribution in [0.5, 0.6) is 5.75 Å². The molecule has 0 N–H and O–H groups in total. The second kappa shape index (κ2) is 18.2. The lowest BCUT2D eigenvalue weighted by Gasteiger charge is -2.21. The van der Waals surface area contributed by atoms with Crippen LogP contribution in [0, 0.1) is 0 Å². The predicted molar refractivity (Wildman–Crippen MR) is 179 cm³/mol. The van der Waals surface area contributed by atoms with Crippen molar-refractivity contribution in [3.8, 4) is 5.75 Å². The Kier molecular flexibility index (Phi) is 15.5. The summed E-state index contributed by atoms with van der Waals surface area (Å²) in [5, 5.41) is 0.615. The number of carbonyl (C=O) groups is 1. The van der Waals surface area contributed by atoms with Crippen LogP contribution in [-0.2, 0) is 16.4 Å². The SMILES string of the molecule is CC.CCCCN(CCCC)CCCOc1ccc(C(=O)c2c(CCC)oc3ccc(N(SC)S(C)(=O)=O)cc23)cc1. The third-order valence-electron chi connectivity index (χ3n) is 6.79. The van der Waals surface area contributed by atoms with Crippen molar-refractivity contribution >= 4 is 44.4 Å². The van der Waals surface area contributed by atoms with E-state index in [0.29, 0.717) is 46.6 Å². The second-order valence-electron chi connectivity index (χ2n) is 10.1. The summed E-state index contributed by atoms with van der Waals surface area (Å²) in [7, 11) is -3.49. The van der Waals surface area contributed by atoms with Crippen LogP contribution in [0.1, 0.15) is 94.8 Å². The number of hydrogen-bond donors (Lipinski definition) is 0. The molecule has 2 aromatic carbocycles. The van der Waals surface area contributed by atoms with Crippen molar-refractivity contribution in [2.75, 3.05) is 42.5 Å². The van der Waals surface area contributed by atoms with Gasteiger partial charge in [0.25, 0.3) is 0 Å². The summed E-state index contributed by atoms with van der Waals surface area (Å²) in [5.41, 5.74) is 2.07. The van der Waals surface area contributed by atoms with Crippen molar-refractivity contribution in [1.82, 2.24) is 4.90 Å². The van der Waals surface area contributed by atoms with Crippen LogP contribution in [-0.4, -0.2) is 57.9 Å². The van der Waals surface area contributed by atoms with Crippen molar-refractivity contribution in [2.45, 2.75) is 79.6 Å². The Hall–Kier alpha value is -2.49. The first-order chi connectivity index (χ1) is 20.2. The molecule has 9 heteroatoms. The molecule has 0 bridgehead atoms. The number of anilines is 1. The smallest absolute Gasteiger partial charge is 0.241 e. The zero-order chi connectivity index (χ0) is 31.1. The highest BCUT2D eigenvalue weighted by atomic mass is 32.3. The lowest BCUT2D eigenvalue weighted by Crippen LogP contribution is -2.28. The van der Waals surface area contributed by atoms with Gasteiger partial charge in [0.05, 0.1) is 24.1 Å². The molecule has 0 aliphatic rings.